The zero-order chi connectivity index (χ0) is 11.4. The van der Waals surface area contributed by atoms with Gasteiger partial charge in [0.05, 0.1) is 0 Å². The van der Waals surface area contributed by atoms with Crippen molar-refractivity contribution in [1.29, 1.82) is 0 Å². The normalized spacial score (nSPS) is 17.1. The molecule has 0 aliphatic carbocycles. The Morgan fingerprint density at radius 3 is 2.69 bits per heavy atom. The van der Waals surface area contributed by atoms with Gasteiger partial charge in [-0.25, -0.2) is 0 Å². The molecule has 0 aromatic heterocycles. The zero-order valence-corrected chi connectivity index (χ0v) is 12.6. The second-order valence-electron chi connectivity index (χ2n) is 4.18. The second kappa shape index (κ2) is 5.74. The summed E-state index contributed by atoms with van der Waals surface area (Å²) in [5.74, 6) is 0.783. The van der Waals surface area contributed by atoms with Crippen LogP contribution in [0.4, 0.5) is 5.69 Å². The molecule has 1 aromatic rings. The topological polar surface area (TPSA) is 24.1 Å². The van der Waals surface area contributed by atoms with Gasteiger partial charge < -0.3 is 0 Å². The number of rotatable bonds is 3. The second-order valence-corrected chi connectivity index (χ2v) is 5.76. The van der Waals surface area contributed by atoms with Crippen molar-refractivity contribution in [3.63, 3.8) is 0 Å². The molecule has 0 atom stereocenters. The molecule has 0 radical (unpaired) electrons. The van der Waals surface area contributed by atoms with Crippen LogP contribution in [-0.2, 0) is 19.4 Å². The Kier molecular flexibility index (Phi) is 4.31. The Balaban J connectivity index is 2.19. The summed E-state index contributed by atoms with van der Waals surface area (Å²) in [7, 11) is 2.00. The van der Waals surface area contributed by atoms with Gasteiger partial charge in [0.2, 0.25) is 0 Å². The number of benzene rings is 1. The molecule has 16 heavy (non-hydrogen) atoms. The molecule has 3 heteroatoms. The van der Waals surface area contributed by atoms with Gasteiger partial charge in [-0.15, -0.1) is 0 Å². The van der Waals surface area contributed by atoms with Gasteiger partial charge >= 0.3 is 108 Å². The third-order valence-corrected chi connectivity index (χ3v) is 5.16. The van der Waals surface area contributed by atoms with Crippen molar-refractivity contribution in [1.82, 2.24) is 5.32 Å². The van der Waals surface area contributed by atoms with Gasteiger partial charge in [-0.2, -0.15) is 0 Å². The summed E-state index contributed by atoms with van der Waals surface area (Å²) in [4.78, 5) is 0. The van der Waals surface area contributed by atoms with E-state index >= 15 is 0 Å². The molecule has 0 unspecified atom stereocenters. The molecular weight excluding hydrogens is 368 g/mol. The molecule has 0 amide bonds. The number of nitrogens with one attached hydrogen (secondary N) is 2. The van der Waals surface area contributed by atoms with E-state index in [1.54, 1.807) is 23.3 Å². The minimum atomic E-state index is 0.783. The number of anilines is 1. The summed E-state index contributed by atoms with van der Waals surface area (Å²) in [6.45, 7) is 2.34. The van der Waals surface area contributed by atoms with Gasteiger partial charge in [0.25, 0.3) is 0 Å². The first-order valence-corrected chi connectivity index (χ1v) is 7.31. The van der Waals surface area contributed by atoms with Crippen LogP contribution in [0, 0.1) is 5.92 Å². The zero-order valence-electron chi connectivity index (χ0n) is 9.62. The third kappa shape index (κ3) is 2.61. The number of para-hydroxylation sites is 1. The van der Waals surface area contributed by atoms with Gasteiger partial charge in [0, 0.05) is 0 Å². The van der Waals surface area contributed by atoms with Crippen molar-refractivity contribution in [3.05, 3.63) is 29.8 Å². The van der Waals surface area contributed by atoms with E-state index in [1.165, 1.54) is 37.2 Å². The van der Waals surface area contributed by atoms with Gasteiger partial charge in [-0.1, -0.05) is 0 Å². The maximum atomic E-state index is 3.43. The van der Waals surface area contributed by atoms with Crippen molar-refractivity contribution in [3.8, 4) is 0 Å². The molecule has 1 aromatic carbocycles. The molecule has 2 nitrogen and oxygen atoms in total. The van der Waals surface area contributed by atoms with Crippen LogP contribution in [0.15, 0.2) is 24.3 Å². The standard InChI is InChI=1S/C13H18N2.W/c1-14-13-5-3-2-4-12(13)10-11-6-8-15-9-7-11;/h2-5,11,14-15H,6-9H2,1H3;. The van der Waals surface area contributed by atoms with E-state index in [-0.39, 0.29) is 0 Å². The number of hydrogen-bond donors (Lipinski definition) is 2. The average molecular weight is 386 g/mol. The fraction of sp³-hybridized carbons (Fsp3) is 0.462. The summed E-state index contributed by atoms with van der Waals surface area (Å²) < 4.78 is 1.62. The molecule has 2 N–H and O–H groups in total. The Morgan fingerprint density at radius 1 is 1.31 bits per heavy atom. The number of hydrogen-bond acceptors (Lipinski definition) is 2. The molecule has 1 heterocycles. The summed E-state index contributed by atoms with van der Waals surface area (Å²) >= 11 is 1.62. The van der Waals surface area contributed by atoms with Crippen LogP contribution in [0.1, 0.15) is 18.4 Å². The van der Waals surface area contributed by atoms with E-state index < -0.39 is 0 Å². The first-order chi connectivity index (χ1) is 7.83. The molecule has 1 saturated heterocycles. The average Bonchev–Trinajstić information content (AvgIpc) is 2.39. The van der Waals surface area contributed by atoms with Crippen LogP contribution in [0.2, 0.25) is 0 Å². The summed E-state index contributed by atoms with van der Waals surface area (Å²) in [6.07, 6.45) is 2.58. The van der Waals surface area contributed by atoms with Gasteiger partial charge in [-0.3, -0.25) is 0 Å². The third-order valence-electron chi connectivity index (χ3n) is 3.17. The fourth-order valence-corrected chi connectivity index (χ4v) is 3.71. The van der Waals surface area contributed by atoms with Crippen LogP contribution >= 0.6 is 0 Å². The Bertz CT molecular complexity index is 370. The summed E-state index contributed by atoms with van der Waals surface area (Å²) in [6, 6.07) is 8.65. The van der Waals surface area contributed by atoms with Crippen molar-refractivity contribution in [2.45, 2.75) is 12.8 Å². The molecular formula is C13H18N2W. The van der Waals surface area contributed by atoms with E-state index in [4.69, 9.17) is 0 Å². The van der Waals surface area contributed by atoms with E-state index in [2.05, 4.69) is 34.9 Å². The summed E-state index contributed by atoms with van der Waals surface area (Å²) in [5, 5.41) is 6.72. The van der Waals surface area contributed by atoms with Crippen molar-refractivity contribution in [2.24, 2.45) is 5.92 Å². The molecule has 86 valence electrons. The Labute approximate surface area is 108 Å². The van der Waals surface area contributed by atoms with Crippen molar-refractivity contribution in [2.75, 3.05) is 25.5 Å². The predicted molar refractivity (Wildman–Crippen MR) is 65.7 cm³/mol. The molecule has 2 rings (SSSR count). The van der Waals surface area contributed by atoms with Crippen LogP contribution in [0.3, 0.4) is 0 Å². The molecule has 0 spiro atoms. The van der Waals surface area contributed by atoms with Gasteiger partial charge in [0.1, 0.15) is 0 Å². The molecule has 0 saturated carbocycles. The van der Waals surface area contributed by atoms with E-state index in [0.717, 1.165) is 5.92 Å². The first-order valence-electron chi connectivity index (χ1n) is 5.84. The fourth-order valence-electron chi connectivity index (χ4n) is 2.22. The molecule has 0 bridgehead atoms. The van der Waals surface area contributed by atoms with Crippen molar-refractivity contribution >= 4 is 9.59 Å². The van der Waals surface area contributed by atoms with Crippen LogP contribution in [0.5, 0.6) is 0 Å². The van der Waals surface area contributed by atoms with E-state index in [9.17, 15) is 0 Å². The van der Waals surface area contributed by atoms with Crippen LogP contribution in [0.25, 0.3) is 0 Å². The monoisotopic (exact) mass is 386 g/mol. The quantitative estimate of drug-likeness (QED) is 0.828. The predicted octanol–water partition coefficient (Wildman–Crippen LogP) is 1.80. The molecule has 1 aliphatic heterocycles. The molecule has 1 fully saturated rings. The Morgan fingerprint density at radius 2 is 2.00 bits per heavy atom. The van der Waals surface area contributed by atoms with Gasteiger partial charge in [0.15, 0.2) is 0 Å². The SMILES string of the molecule is CNc1ccccc1[C](=[W])C1CCNCC1. The minimum absolute atomic E-state index is 0.783. The van der Waals surface area contributed by atoms with E-state index in [0.29, 0.717) is 0 Å². The van der Waals surface area contributed by atoms with Crippen LogP contribution in [-0.4, -0.2) is 24.0 Å². The first kappa shape index (κ1) is 12.0. The molecule has 1 aliphatic rings. The van der Waals surface area contributed by atoms with Gasteiger partial charge in [-0.05, 0) is 0 Å². The van der Waals surface area contributed by atoms with Crippen LogP contribution < -0.4 is 10.6 Å². The number of piperidine rings is 1. The van der Waals surface area contributed by atoms with Crippen molar-refractivity contribution < 1.29 is 19.4 Å². The Hall–Kier alpha value is -0.462. The summed E-state index contributed by atoms with van der Waals surface area (Å²) in [5.41, 5.74) is 2.69. The maximum absolute atomic E-state index is 3.43. The van der Waals surface area contributed by atoms with E-state index in [1.807, 2.05) is 7.05 Å².